The molecule has 19 heavy (non-hydrogen) atoms. The molecule has 0 aliphatic heterocycles. The van der Waals surface area contributed by atoms with Gasteiger partial charge in [0.2, 0.25) is 0 Å². The van der Waals surface area contributed by atoms with E-state index < -0.39 is 0 Å². The van der Waals surface area contributed by atoms with Gasteiger partial charge >= 0.3 is 0 Å². The van der Waals surface area contributed by atoms with Gasteiger partial charge in [-0.15, -0.1) is 0 Å². The van der Waals surface area contributed by atoms with Crippen LogP contribution in [-0.2, 0) is 0 Å². The second kappa shape index (κ2) is 10.0. The predicted molar refractivity (Wildman–Crippen MR) is 85.4 cm³/mol. The smallest absolute Gasteiger partial charge is 0.0343 e. The van der Waals surface area contributed by atoms with E-state index in [-0.39, 0.29) is 0 Å². The highest BCUT2D eigenvalue weighted by Gasteiger charge is 2.16. The summed E-state index contributed by atoms with van der Waals surface area (Å²) < 4.78 is 0. The average molecular weight is 261 g/mol. The predicted octanol–water partition coefficient (Wildman–Crippen LogP) is 5.33. The van der Waals surface area contributed by atoms with E-state index in [0.29, 0.717) is 12.0 Å². The van der Waals surface area contributed by atoms with Crippen molar-refractivity contribution in [2.45, 2.75) is 64.8 Å². The highest BCUT2D eigenvalue weighted by atomic mass is 14.9. The second-order valence-electron chi connectivity index (χ2n) is 5.71. The Balaban J connectivity index is 2.28. The third kappa shape index (κ3) is 6.24. The van der Waals surface area contributed by atoms with E-state index >= 15 is 0 Å². The fraction of sp³-hybridized carbons (Fsp3) is 0.667. The molecule has 0 saturated carbocycles. The minimum absolute atomic E-state index is 0.497. The van der Waals surface area contributed by atoms with Crippen molar-refractivity contribution < 1.29 is 0 Å². The molecule has 108 valence electrons. The summed E-state index contributed by atoms with van der Waals surface area (Å²) in [5.74, 6) is 0.707. The second-order valence-corrected chi connectivity index (χ2v) is 5.71. The highest BCUT2D eigenvalue weighted by molar-refractivity contribution is 5.19. The molecule has 1 nitrogen and oxygen atoms in total. The first-order chi connectivity index (χ1) is 9.29. The topological polar surface area (TPSA) is 12.0 Å². The third-order valence-corrected chi connectivity index (χ3v) is 4.05. The Kier molecular flexibility index (Phi) is 8.57. The molecule has 0 aliphatic rings. The Morgan fingerprint density at radius 2 is 1.58 bits per heavy atom. The molecular formula is C18H31N. The summed E-state index contributed by atoms with van der Waals surface area (Å²) in [6, 6.07) is 11.3. The van der Waals surface area contributed by atoms with Crippen LogP contribution in [0.2, 0.25) is 0 Å². The molecule has 0 aliphatic carbocycles. The first-order valence-corrected chi connectivity index (χ1v) is 8.01. The van der Waals surface area contributed by atoms with Gasteiger partial charge in [-0.25, -0.2) is 0 Å². The monoisotopic (exact) mass is 261 g/mol. The molecule has 0 saturated heterocycles. The van der Waals surface area contributed by atoms with Gasteiger partial charge in [-0.1, -0.05) is 82.7 Å². The number of unbranched alkanes of at least 4 members (excludes halogenated alkanes) is 5. The fourth-order valence-electron chi connectivity index (χ4n) is 2.85. The van der Waals surface area contributed by atoms with Crippen LogP contribution in [0.25, 0.3) is 0 Å². The SMILES string of the molecule is CCCCCCCCC(C)C(NC)c1ccccc1. The van der Waals surface area contributed by atoms with Crippen molar-refractivity contribution in [1.82, 2.24) is 5.32 Å². The lowest BCUT2D eigenvalue weighted by molar-refractivity contribution is 0.371. The van der Waals surface area contributed by atoms with Crippen molar-refractivity contribution >= 4 is 0 Å². The number of hydrogen-bond acceptors (Lipinski definition) is 1. The molecule has 2 atom stereocenters. The van der Waals surface area contributed by atoms with Crippen LogP contribution < -0.4 is 5.32 Å². The zero-order chi connectivity index (χ0) is 13.9. The molecule has 1 rings (SSSR count). The Hall–Kier alpha value is -0.820. The Labute approximate surface area is 119 Å². The van der Waals surface area contributed by atoms with Crippen molar-refractivity contribution in [3.63, 3.8) is 0 Å². The molecule has 0 aromatic heterocycles. The zero-order valence-corrected chi connectivity index (χ0v) is 13.0. The maximum atomic E-state index is 3.48. The summed E-state index contributed by atoms with van der Waals surface area (Å²) in [5, 5.41) is 3.48. The van der Waals surface area contributed by atoms with Crippen LogP contribution in [0, 0.1) is 5.92 Å². The minimum Gasteiger partial charge on any atom is -0.313 e. The van der Waals surface area contributed by atoms with Crippen LogP contribution in [0.1, 0.15) is 70.4 Å². The number of hydrogen-bond donors (Lipinski definition) is 1. The maximum absolute atomic E-state index is 3.48. The Morgan fingerprint density at radius 3 is 2.21 bits per heavy atom. The van der Waals surface area contributed by atoms with Crippen molar-refractivity contribution in [3.05, 3.63) is 35.9 Å². The third-order valence-electron chi connectivity index (χ3n) is 4.05. The van der Waals surface area contributed by atoms with Gasteiger partial charge in [0.25, 0.3) is 0 Å². The van der Waals surface area contributed by atoms with Gasteiger partial charge in [-0.2, -0.15) is 0 Å². The lowest BCUT2D eigenvalue weighted by Gasteiger charge is -2.24. The fourth-order valence-corrected chi connectivity index (χ4v) is 2.85. The molecule has 2 unspecified atom stereocenters. The molecular weight excluding hydrogens is 230 g/mol. The summed E-state index contributed by atoms with van der Waals surface area (Å²) in [6.45, 7) is 4.65. The van der Waals surface area contributed by atoms with Crippen LogP contribution in [-0.4, -0.2) is 7.05 Å². The van der Waals surface area contributed by atoms with Crippen molar-refractivity contribution in [2.75, 3.05) is 7.05 Å². The van der Waals surface area contributed by atoms with Gasteiger partial charge in [-0.05, 0) is 24.9 Å². The Bertz CT molecular complexity index is 307. The zero-order valence-electron chi connectivity index (χ0n) is 13.0. The molecule has 0 fully saturated rings. The van der Waals surface area contributed by atoms with Crippen LogP contribution in [0.15, 0.2) is 30.3 Å². The quantitative estimate of drug-likeness (QED) is 0.561. The average Bonchev–Trinajstić information content (AvgIpc) is 2.45. The van der Waals surface area contributed by atoms with Crippen LogP contribution in [0.4, 0.5) is 0 Å². The molecule has 0 heterocycles. The van der Waals surface area contributed by atoms with Gasteiger partial charge < -0.3 is 5.32 Å². The van der Waals surface area contributed by atoms with Crippen LogP contribution >= 0.6 is 0 Å². The first kappa shape index (κ1) is 16.2. The van der Waals surface area contributed by atoms with Gasteiger partial charge in [0.1, 0.15) is 0 Å². The standard InChI is InChI=1S/C18H31N/c1-4-5-6-7-8-10-13-16(2)18(19-3)17-14-11-9-12-15-17/h9,11-12,14-16,18-19H,4-8,10,13H2,1-3H3. The first-order valence-electron chi connectivity index (χ1n) is 8.01. The summed E-state index contributed by atoms with van der Waals surface area (Å²) >= 11 is 0. The number of nitrogens with one attached hydrogen (secondary N) is 1. The molecule has 0 radical (unpaired) electrons. The normalized spacial score (nSPS) is 14.3. The van der Waals surface area contributed by atoms with E-state index in [2.05, 4.69) is 56.5 Å². The maximum Gasteiger partial charge on any atom is 0.0343 e. The molecule has 1 aromatic carbocycles. The van der Waals surface area contributed by atoms with E-state index in [4.69, 9.17) is 0 Å². The molecule has 1 heteroatoms. The van der Waals surface area contributed by atoms with Gasteiger partial charge in [-0.3, -0.25) is 0 Å². The summed E-state index contributed by atoms with van der Waals surface area (Å²) in [4.78, 5) is 0. The minimum atomic E-state index is 0.497. The lowest BCUT2D eigenvalue weighted by Crippen LogP contribution is -2.23. The number of benzene rings is 1. The van der Waals surface area contributed by atoms with E-state index in [1.54, 1.807) is 0 Å². The molecule has 0 spiro atoms. The number of rotatable bonds is 10. The van der Waals surface area contributed by atoms with Gasteiger partial charge in [0.05, 0.1) is 0 Å². The lowest BCUT2D eigenvalue weighted by atomic mass is 9.90. The van der Waals surface area contributed by atoms with E-state index in [1.165, 1.54) is 50.5 Å². The van der Waals surface area contributed by atoms with Gasteiger partial charge in [0.15, 0.2) is 0 Å². The van der Waals surface area contributed by atoms with E-state index in [9.17, 15) is 0 Å². The molecule has 0 amide bonds. The molecule has 0 bridgehead atoms. The van der Waals surface area contributed by atoms with E-state index in [0.717, 1.165) is 0 Å². The van der Waals surface area contributed by atoms with Gasteiger partial charge in [0, 0.05) is 6.04 Å². The van der Waals surface area contributed by atoms with Crippen molar-refractivity contribution in [3.8, 4) is 0 Å². The van der Waals surface area contributed by atoms with Crippen molar-refractivity contribution in [2.24, 2.45) is 5.92 Å². The molecule has 1 aromatic rings. The van der Waals surface area contributed by atoms with Crippen molar-refractivity contribution in [1.29, 1.82) is 0 Å². The largest absolute Gasteiger partial charge is 0.313 e. The Morgan fingerprint density at radius 1 is 0.947 bits per heavy atom. The highest BCUT2D eigenvalue weighted by Crippen LogP contribution is 2.25. The summed E-state index contributed by atoms with van der Waals surface area (Å²) in [7, 11) is 2.08. The van der Waals surface area contributed by atoms with Crippen LogP contribution in [0.3, 0.4) is 0 Å². The summed E-state index contributed by atoms with van der Waals surface area (Å²) in [6.07, 6.45) is 9.66. The van der Waals surface area contributed by atoms with Crippen LogP contribution in [0.5, 0.6) is 0 Å². The molecule has 1 N–H and O–H groups in total. The van der Waals surface area contributed by atoms with E-state index in [1.807, 2.05) is 0 Å². The summed E-state index contributed by atoms with van der Waals surface area (Å²) in [5.41, 5.74) is 1.42.